The Morgan fingerprint density at radius 1 is 1.12 bits per heavy atom. The van der Waals surface area contributed by atoms with Gasteiger partial charge in [0, 0.05) is 11.6 Å². The van der Waals surface area contributed by atoms with Gasteiger partial charge in [-0.3, -0.25) is 4.98 Å². The lowest BCUT2D eigenvalue weighted by Gasteiger charge is -2.01. The fourth-order valence-corrected chi connectivity index (χ4v) is 1.66. The minimum absolute atomic E-state index is 1.09. The third-order valence-electron chi connectivity index (χ3n) is 2.49. The van der Waals surface area contributed by atoms with Gasteiger partial charge in [0.25, 0.3) is 0 Å². The van der Waals surface area contributed by atoms with Crippen molar-refractivity contribution in [1.82, 2.24) is 4.98 Å². The topological polar surface area (TPSA) is 12.9 Å². The standard InChI is InChI=1S/C13H15N.C2H6/c1-2-3-5-11-7-8-13-12(10-11)6-4-9-14-13;1-2/h4,6-10H,2-3,5H2,1H3;1-2H3. The molecule has 1 heterocycles. The van der Waals surface area contributed by atoms with Crippen molar-refractivity contribution in [3.63, 3.8) is 0 Å². The van der Waals surface area contributed by atoms with Crippen LogP contribution in [-0.4, -0.2) is 4.98 Å². The largest absolute Gasteiger partial charge is 0.256 e. The first-order valence-electron chi connectivity index (χ1n) is 6.24. The van der Waals surface area contributed by atoms with E-state index in [2.05, 4.69) is 36.2 Å². The first-order valence-corrected chi connectivity index (χ1v) is 6.24. The highest BCUT2D eigenvalue weighted by molar-refractivity contribution is 5.78. The van der Waals surface area contributed by atoms with Gasteiger partial charge in [0.1, 0.15) is 0 Å². The van der Waals surface area contributed by atoms with E-state index < -0.39 is 0 Å². The van der Waals surface area contributed by atoms with E-state index >= 15 is 0 Å². The molecule has 0 aliphatic rings. The van der Waals surface area contributed by atoms with Crippen molar-refractivity contribution in [3.8, 4) is 0 Å². The van der Waals surface area contributed by atoms with Gasteiger partial charge in [0.2, 0.25) is 0 Å². The number of unbranched alkanes of at least 4 members (excludes halogenated alkanes) is 1. The van der Waals surface area contributed by atoms with Crippen molar-refractivity contribution < 1.29 is 0 Å². The van der Waals surface area contributed by atoms with Gasteiger partial charge < -0.3 is 0 Å². The zero-order valence-electron chi connectivity index (χ0n) is 10.5. The molecule has 0 amide bonds. The van der Waals surface area contributed by atoms with Gasteiger partial charge in [-0.15, -0.1) is 0 Å². The average Bonchev–Trinajstić information content (AvgIpc) is 2.38. The predicted molar refractivity (Wildman–Crippen MR) is 71.7 cm³/mol. The van der Waals surface area contributed by atoms with Gasteiger partial charge in [-0.05, 0) is 36.6 Å². The van der Waals surface area contributed by atoms with Crippen LogP contribution in [-0.2, 0) is 6.42 Å². The van der Waals surface area contributed by atoms with Crippen LogP contribution >= 0.6 is 0 Å². The molecule has 0 aliphatic carbocycles. The molecule has 2 rings (SSSR count). The number of rotatable bonds is 3. The summed E-state index contributed by atoms with van der Waals surface area (Å²) < 4.78 is 0. The van der Waals surface area contributed by atoms with Crippen molar-refractivity contribution >= 4 is 10.9 Å². The molecule has 0 fully saturated rings. The van der Waals surface area contributed by atoms with E-state index in [4.69, 9.17) is 0 Å². The van der Waals surface area contributed by atoms with Crippen molar-refractivity contribution in [3.05, 3.63) is 42.1 Å². The van der Waals surface area contributed by atoms with Gasteiger partial charge in [-0.2, -0.15) is 0 Å². The summed E-state index contributed by atoms with van der Waals surface area (Å²) in [5, 5.41) is 1.25. The number of pyridine rings is 1. The van der Waals surface area contributed by atoms with E-state index in [1.54, 1.807) is 0 Å². The van der Waals surface area contributed by atoms with Crippen molar-refractivity contribution in [2.24, 2.45) is 0 Å². The number of nitrogens with zero attached hydrogens (tertiary/aromatic N) is 1. The predicted octanol–water partition coefficient (Wildman–Crippen LogP) is 4.60. The summed E-state index contributed by atoms with van der Waals surface area (Å²) in [5.74, 6) is 0. The van der Waals surface area contributed by atoms with Gasteiger partial charge in [0.05, 0.1) is 5.52 Å². The van der Waals surface area contributed by atoms with Crippen LogP contribution in [0, 0.1) is 0 Å². The van der Waals surface area contributed by atoms with E-state index in [0.717, 1.165) is 5.52 Å². The maximum absolute atomic E-state index is 4.30. The number of aromatic nitrogens is 1. The molecule has 0 aliphatic heterocycles. The van der Waals surface area contributed by atoms with E-state index in [1.165, 1.54) is 30.2 Å². The van der Waals surface area contributed by atoms with Gasteiger partial charge in [-0.25, -0.2) is 0 Å². The summed E-state index contributed by atoms with van der Waals surface area (Å²) in [5.41, 5.74) is 2.51. The normalized spacial score (nSPS) is 9.69. The fourth-order valence-electron chi connectivity index (χ4n) is 1.66. The Balaban J connectivity index is 0.000000606. The molecule has 0 saturated carbocycles. The highest BCUT2D eigenvalue weighted by Crippen LogP contribution is 2.14. The molecule has 1 heteroatoms. The summed E-state index contributed by atoms with van der Waals surface area (Å²) in [6.07, 6.45) is 5.55. The second-order valence-electron chi connectivity index (χ2n) is 3.63. The molecule has 0 spiro atoms. The van der Waals surface area contributed by atoms with Crippen LogP contribution in [0.15, 0.2) is 36.5 Å². The van der Waals surface area contributed by atoms with Crippen LogP contribution < -0.4 is 0 Å². The summed E-state index contributed by atoms with van der Waals surface area (Å²) >= 11 is 0. The summed E-state index contributed by atoms with van der Waals surface area (Å²) in [6.45, 7) is 6.22. The maximum Gasteiger partial charge on any atom is 0.0702 e. The molecule has 1 aromatic heterocycles. The van der Waals surface area contributed by atoms with E-state index in [-0.39, 0.29) is 0 Å². The molecule has 16 heavy (non-hydrogen) atoms. The Morgan fingerprint density at radius 2 is 1.94 bits per heavy atom. The number of aryl methyl sites for hydroxylation is 1. The van der Waals surface area contributed by atoms with Crippen molar-refractivity contribution in [2.45, 2.75) is 40.0 Å². The second kappa shape index (κ2) is 7.00. The Morgan fingerprint density at radius 3 is 2.69 bits per heavy atom. The molecule has 86 valence electrons. The van der Waals surface area contributed by atoms with Crippen LogP contribution in [0.1, 0.15) is 39.2 Å². The van der Waals surface area contributed by atoms with E-state index in [1.807, 2.05) is 26.1 Å². The Hall–Kier alpha value is -1.37. The number of hydrogen-bond donors (Lipinski definition) is 0. The van der Waals surface area contributed by atoms with Gasteiger partial charge >= 0.3 is 0 Å². The second-order valence-corrected chi connectivity index (χ2v) is 3.63. The number of hydrogen-bond acceptors (Lipinski definition) is 1. The van der Waals surface area contributed by atoms with Crippen LogP contribution in [0.5, 0.6) is 0 Å². The molecule has 1 nitrogen and oxygen atoms in total. The first-order chi connectivity index (χ1) is 7.90. The lowest BCUT2D eigenvalue weighted by atomic mass is 10.1. The van der Waals surface area contributed by atoms with Crippen LogP contribution in [0.25, 0.3) is 10.9 Å². The van der Waals surface area contributed by atoms with Crippen molar-refractivity contribution in [2.75, 3.05) is 0 Å². The molecule has 0 unspecified atom stereocenters. The van der Waals surface area contributed by atoms with Crippen LogP contribution in [0.4, 0.5) is 0 Å². The molecular formula is C15H21N. The Kier molecular flexibility index (Phi) is 5.55. The summed E-state index contributed by atoms with van der Waals surface area (Å²) in [6, 6.07) is 10.7. The third-order valence-corrected chi connectivity index (χ3v) is 2.49. The van der Waals surface area contributed by atoms with E-state index in [0.29, 0.717) is 0 Å². The Labute approximate surface area is 98.5 Å². The monoisotopic (exact) mass is 215 g/mol. The van der Waals surface area contributed by atoms with Crippen LogP contribution in [0.2, 0.25) is 0 Å². The lowest BCUT2D eigenvalue weighted by Crippen LogP contribution is -1.85. The smallest absolute Gasteiger partial charge is 0.0702 e. The van der Waals surface area contributed by atoms with Crippen molar-refractivity contribution in [1.29, 1.82) is 0 Å². The summed E-state index contributed by atoms with van der Waals surface area (Å²) in [4.78, 5) is 4.30. The molecule has 0 atom stereocenters. The van der Waals surface area contributed by atoms with Crippen LogP contribution in [0.3, 0.4) is 0 Å². The average molecular weight is 215 g/mol. The molecule has 0 N–H and O–H groups in total. The SMILES string of the molecule is CC.CCCCc1ccc2ncccc2c1. The van der Waals surface area contributed by atoms with Gasteiger partial charge in [-0.1, -0.05) is 39.3 Å². The zero-order chi connectivity index (χ0) is 11.8. The minimum Gasteiger partial charge on any atom is -0.256 e. The number of benzene rings is 1. The lowest BCUT2D eigenvalue weighted by molar-refractivity contribution is 0.796. The molecule has 0 bridgehead atoms. The zero-order valence-corrected chi connectivity index (χ0v) is 10.5. The molecule has 0 saturated heterocycles. The summed E-state index contributed by atoms with van der Waals surface area (Å²) in [7, 11) is 0. The Bertz CT molecular complexity index is 420. The molecule has 2 aromatic rings. The molecular weight excluding hydrogens is 194 g/mol. The quantitative estimate of drug-likeness (QED) is 0.729. The highest BCUT2D eigenvalue weighted by Gasteiger charge is 1.96. The minimum atomic E-state index is 1.09. The first kappa shape index (κ1) is 12.7. The molecule has 1 aromatic carbocycles. The number of fused-ring (bicyclic) bond motifs is 1. The molecule has 0 radical (unpaired) electrons. The van der Waals surface area contributed by atoms with Gasteiger partial charge in [0.15, 0.2) is 0 Å². The highest BCUT2D eigenvalue weighted by atomic mass is 14.6. The fraction of sp³-hybridized carbons (Fsp3) is 0.400. The van der Waals surface area contributed by atoms with E-state index in [9.17, 15) is 0 Å². The maximum atomic E-state index is 4.30. The third kappa shape index (κ3) is 3.34.